The summed E-state index contributed by atoms with van der Waals surface area (Å²) in [5.41, 5.74) is 5.02. The Morgan fingerprint density at radius 3 is 2.42 bits per heavy atom. The van der Waals surface area contributed by atoms with Crippen molar-refractivity contribution >= 4 is 21.8 Å². The van der Waals surface area contributed by atoms with Crippen molar-refractivity contribution in [1.82, 2.24) is 4.90 Å². The van der Waals surface area contributed by atoms with Crippen LogP contribution >= 0.6 is 15.9 Å². The Morgan fingerprint density at radius 1 is 1.12 bits per heavy atom. The molecule has 24 heavy (non-hydrogen) atoms. The minimum Gasteiger partial charge on any atom is -0.333 e. The molecule has 124 valence electrons. The summed E-state index contributed by atoms with van der Waals surface area (Å²) in [6.07, 6.45) is 0.323. The van der Waals surface area contributed by atoms with Crippen molar-refractivity contribution < 1.29 is 4.79 Å². The molecule has 0 N–H and O–H groups in total. The van der Waals surface area contributed by atoms with Crippen LogP contribution < -0.4 is 0 Å². The molecule has 0 fully saturated rings. The number of nitriles is 1. The van der Waals surface area contributed by atoms with Gasteiger partial charge in [0.05, 0.1) is 12.5 Å². The summed E-state index contributed by atoms with van der Waals surface area (Å²) < 4.78 is 0.939. The highest BCUT2D eigenvalue weighted by Gasteiger charge is 2.20. The lowest BCUT2D eigenvalue weighted by Crippen LogP contribution is -2.32. The van der Waals surface area contributed by atoms with E-state index in [1.165, 1.54) is 0 Å². The Bertz CT molecular complexity index is 778. The van der Waals surface area contributed by atoms with E-state index in [1.807, 2.05) is 57.2 Å². The molecule has 2 aromatic rings. The molecule has 0 radical (unpaired) electrons. The third-order valence-corrected chi connectivity index (χ3v) is 5.21. The SMILES string of the molecule is Cc1c(Br)cc(C(=O)N(CCC#N)Cc2ccccc2)c(C)c1C. The zero-order valence-electron chi connectivity index (χ0n) is 14.3. The average Bonchev–Trinajstić information content (AvgIpc) is 2.60. The van der Waals surface area contributed by atoms with Gasteiger partial charge in [-0.1, -0.05) is 46.3 Å². The van der Waals surface area contributed by atoms with Crippen LogP contribution in [0.15, 0.2) is 40.9 Å². The summed E-state index contributed by atoms with van der Waals surface area (Å²) in [6, 6.07) is 13.9. The van der Waals surface area contributed by atoms with Crippen molar-refractivity contribution in [3.63, 3.8) is 0 Å². The molecule has 0 aromatic heterocycles. The Balaban J connectivity index is 2.36. The Morgan fingerprint density at radius 2 is 1.79 bits per heavy atom. The van der Waals surface area contributed by atoms with Crippen LogP contribution in [0.2, 0.25) is 0 Å². The van der Waals surface area contributed by atoms with Gasteiger partial charge in [0, 0.05) is 23.1 Å². The fourth-order valence-corrected chi connectivity index (χ4v) is 3.17. The number of amides is 1. The van der Waals surface area contributed by atoms with Crippen LogP contribution in [0.25, 0.3) is 0 Å². The van der Waals surface area contributed by atoms with Crippen molar-refractivity contribution in [2.45, 2.75) is 33.7 Å². The van der Waals surface area contributed by atoms with E-state index in [9.17, 15) is 4.79 Å². The van der Waals surface area contributed by atoms with Crippen molar-refractivity contribution in [3.8, 4) is 6.07 Å². The van der Waals surface area contributed by atoms with E-state index < -0.39 is 0 Å². The van der Waals surface area contributed by atoms with Crippen molar-refractivity contribution in [3.05, 3.63) is 68.7 Å². The van der Waals surface area contributed by atoms with Gasteiger partial charge in [-0.3, -0.25) is 4.79 Å². The number of hydrogen-bond donors (Lipinski definition) is 0. The van der Waals surface area contributed by atoms with Gasteiger partial charge in [0.15, 0.2) is 0 Å². The molecule has 0 bridgehead atoms. The number of rotatable bonds is 5. The number of carbonyl (C=O) groups excluding carboxylic acids is 1. The molecule has 0 aliphatic carbocycles. The maximum atomic E-state index is 13.1. The van der Waals surface area contributed by atoms with Gasteiger partial charge >= 0.3 is 0 Å². The van der Waals surface area contributed by atoms with E-state index in [-0.39, 0.29) is 5.91 Å². The largest absolute Gasteiger partial charge is 0.333 e. The number of hydrogen-bond acceptors (Lipinski definition) is 2. The molecule has 0 saturated heterocycles. The molecule has 2 rings (SSSR count). The van der Waals surface area contributed by atoms with E-state index in [4.69, 9.17) is 5.26 Å². The molecule has 0 atom stereocenters. The maximum Gasteiger partial charge on any atom is 0.254 e. The highest BCUT2D eigenvalue weighted by Crippen LogP contribution is 2.27. The van der Waals surface area contributed by atoms with Crippen LogP contribution in [0.1, 0.15) is 39.0 Å². The highest BCUT2D eigenvalue weighted by molar-refractivity contribution is 9.10. The first-order valence-electron chi connectivity index (χ1n) is 7.92. The van der Waals surface area contributed by atoms with Crippen LogP contribution in [-0.2, 0) is 6.54 Å². The summed E-state index contributed by atoms with van der Waals surface area (Å²) >= 11 is 3.54. The monoisotopic (exact) mass is 384 g/mol. The van der Waals surface area contributed by atoms with E-state index in [1.54, 1.807) is 4.90 Å². The maximum absolute atomic E-state index is 13.1. The van der Waals surface area contributed by atoms with Crippen LogP contribution in [0.5, 0.6) is 0 Å². The van der Waals surface area contributed by atoms with Gasteiger partial charge in [-0.15, -0.1) is 0 Å². The van der Waals surface area contributed by atoms with Crippen LogP contribution in [0.4, 0.5) is 0 Å². The van der Waals surface area contributed by atoms with Gasteiger partial charge in [-0.25, -0.2) is 0 Å². The molecule has 0 aliphatic heterocycles. The molecule has 2 aromatic carbocycles. The third kappa shape index (κ3) is 4.04. The Hall–Kier alpha value is -2.12. The van der Waals surface area contributed by atoms with Gasteiger partial charge in [0.2, 0.25) is 0 Å². The first-order chi connectivity index (χ1) is 11.5. The second kappa shape index (κ2) is 8.12. The first-order valence-corrected chi connectivity index (χ1v) is 8.71. The summed E-state index contributed by atoms with van der Waals surface area (Å²) in [5.74, 6) is -0.0320. The van der Waals surface area contributed by atoms with Gasteiger partial charge in [0.1, 0.15) is 0 Å². The topological polar surface area (TPSA) is 44.1 Å². The van der Waals surface area contributed by atoms with Crippen LogP contribution in [0, 0.1) is 32.1 Å². The lowest BCUT2D eigenvalue weighted by atomic mass is 9.98. The normalized spacial score (nSPS) is 10.3. The standard InChI is InChI=1S/C20H21BrN2O/c1-14-15(2)18(12-19(21)16(14)3)20(24)23(11-7-10-22)13-17-8-5-4-6-9-17/h4-6,8-9,12H,7,11,13H2,1-3H3. The number of carbonyl (C=O) groups is 1. The highest BCUT2D eigenvalue weighted by atomic mass is 79.9. The second-order valence-electron chi connectivity index (χ2n) is 5.90. The number of halogens is 1. The van der Waals surface area contributed by atoms with Crippen LogP contribution in [0.3, 0.4) is 0 Å². The summed E-state index contributed by atoms with van der Waals surface area (Å²) in [7, 11) is 0. The molecule has 0 aliphatic rings. The molecule has 0 saturated carbocycles. The molecule has 0 unspecified atom stereocenters. The number of nitrogens with zero attached hydrogens (tertiary/aromatic N) is 2. The molecule has 0 spiro atoms. The average molecular weight is 385 g/mol. The molecule has 1 amide bonds. The van der Waals surface area contributed by atoms with E-state index in [0.717, 1.165) is 26.7 Å². The van der Waals surface area contributed by atoms with Crippen molar-refractivity contribution in [1.29, 1.82) is 5.26 Å². The van der Waals surface area contributed by atoms with Gasteiger partial charge in [0.25, 0.3) is 5.91 Å². The zero-order chi connectivity index (χ0) is 17.7. The number of benzene rings is 2. The minimum atomic E-state index is -0.0320. The van der Waals surface area contributed by atoms with Crippen molar-refractivity contribution in [2.24, 2.45) is 0 Å². The quantitative estimate of drug-likeness (QED) is 0.733. The minimum absolute atomic E-state index is 0.0320. The lowest BCUT2D eigenvalue weighted by molar-refractivity contribution is 0.0746. The van der Waals surface area contributed by atoms with E-state index in [2.05, 4.69) is 22.0 Å². The molecule has 0 heterocycles. The fraction of sp³-hybridized carbons (Fsp3) is 0.300. The molecular weight excluding hydrogens is 364 g/mol. The fourth-order valence-electron chi connectivity index (χ4n) is 2.64. The first kappa shape index (κ1) is 18.2. The predicted molar refractivity (Wildman–Crippen MR) is 99.8 cm³/mol. The molecule has 3 nitrogen and oxygen atoms in total. The van der Waals surface area contributed by atoms with E-state index >= 15 is 0 Å². The zero-order valence-corrected chi connectivity index (χ0v) is 15.9. The lowest BCUT2D eigenvalue weighted by Gasteiger charge is -2.24. The second-order valence-corrected chi connectivity index (χ2v) is 6.76. The summed E-state index contributed by atoms with van der Waals surface area (Å²) in [6.45, 7) is 6.98. The Labute approximate surface area is 152 Å². The smallest absolute Gasteiger partial charge is 0.254 e. The molecular formula is C20H21BrN2O. The predicted octanol–water partition coefficient (Wildman–Crippen LogP) is 4.93. The summed E-state index contributed by atoms with van der Waals surface area (Å²) in [4.78, 5) is 14.8. The third-order valence-electron chi connectivity index (χ3n) is 4.39. The Kier molecular flexibility index (Phi) is 6.16. The summed E-state index contributed by atoms with van der Waals surface area (Å²) in [5, 5.41) is 8.92. The van der Waals surface area contributed by atoms with Gasteiger partial charge in [-0.2, -0.15) is 5.26 Å². The van der Waals surface area contributed by atoms with E-state index in [0.29, 0.717) is 25.1 Å². The van der Waals surface area contributed by atoms with Gasteiger partial charge in [-0.05, 0) is 49.1 Å². The van der Waals surface area contributed by atoms with Gasteiger partial charge < -0.3 is 4.90 Å². The molecule has 4 heteroatoms. The van der Waals surface area contributed by atoms with Crippen LogP contribution in [-0.4, -0.2) is 17.4 Å². The van der Waals surface area contributed by atoms with Crippen molar-refractivity contribution in [2.75, 3.05) is 6.54 Å².